The molecule has 8 heteroatoms. The van der Waals surface area contributed by atoms with E-state index in [1.165, 1.54) is 19.2 Å². The monoisotopic (exact) mass is 407 g/mol. The number of esters is 1. The molecule has 4 rings (SSSR count). The number of allylic oxidation sites excluding steroid dienone is 1. The van der Waals surface area contributed by atoms with Crippen LogP contribution >= 0.6 is 0 Å². The van der Waals surface area contributed by atoms with Gasteiger partial charge in [0.05, 0.1) is 29.4 Å². The predicted octanol–water partition coefficient (Wildman–Crippen LogP) is 3.83. The molecule has 2 aromatic rings. The Hall–Kier alpha value is -3.68. The van der Waals surface area contributed by atoms with E-state index in [0.29, 0.717) is 17.6 Å². The summed E-state index contributed by atoms with van der Waals surface area (Å²) in [6.45, 7) is 1.86. The first kappa shape index (κ1) is 19.6. The van der Waals surface area contributed by atoms with Crippen molar-refractivity contribution in [1.82, 2.24) is 0 Å². The number of para-hydroxylation sites is 2. The fourth-order valence-electron chi connectivity index (χ4n) is 4.17. The molecule has 0 saturated heterocycles. The summed E-state index contributed by atoms with van der Waals surface area (Å²) >= 11 is 0. The van der Waals surface area contributed by atoms with Crippen molar-refractivity contribution in [2.75, 3.05) is 17.7 Å². The summed E-state index contributed by atoms with van der Waals surface area (Å²) in [5.74, 6) is -1.96. The summed E-state index contributed by atoms with van der Waals surface area (Å²) in [6, 6.07) is 13.1. The molecule has 1 heterocycles. The van der Waals surface area contributed by atoms with Crippen LogP contribution in [0.1, 0.15) is 24.9 Å². The number of nitro benzene ring substituents is 1. The maximum Gasteiger partial charge on any atom is 0.316 e. The molecule has 2 aliphatic rings. The maximum atomic E-state index is 13.5. The molecule has 0 bridgehead atoms. The van der Waals surface area contributed by atoms with Gasteiger partial charge in [0, 0.05) is 23.4 Å². The van der Waals surface area contributed by atoms with E-state index >= 15 is 0 Å². The van der Waals surface area contributed by atoms with Gasteiger partial charge in [0.2, 0.25) is 0 Å². The molecule has 3 atom stereocenters. The van der Waals surface area contributed by atoms with Crippen molar-refractivity contribution in [3.63, 3.8) is 0 Å². The number of nitro groups is 1. The molecule has 0 unspecified atom stereocenters. The van der Waals surface area contributed by atoms with E-state index in [9.17, 15) is 19.7 Å². The van der Waals surface area contributed by atoms with Gasteiger partial charge in [-0.2, -0.15) is 0 Å². The van der Waals surface area contributed by atoms with Gasteiger partial charge in [-0.3, -0.25) is 19.7 Å². The number of carbonyl (C=O) groups excluding carboxylic acids is 2. The molecule has 1 aliphatic carbocycles. The molecule has 30 heavy (non-hydrogen) atoms. The van der Waals surface area contributed by atoms with Crippen LogP contribution in [0.25, 0.3) is 0 Å². The van der Waals surface area contributed by atoms with Crippen molar-refractivity contribution in [2.24, 2.45) is 11.8 Å². The Morgan fingerprint density at radius 1 is 1.13 bits per heavy atom. The normalized spacial score (nSPS) is 22.7. The predicted molar refractivity (Wildman–Crippen MR) is 111 cm³/mol. The van der Waals surface area contributed by atoms with Gasteiger partial charge in [0.1, 0.15) is 5.92 Å². The summed E-state index contributed by atoms with van der Waals surface area (Å²) < 4.78 is 4.89. The molecule has 2 aromatic carbocycles. The van der Waals surface area contributed by atoms with Crippen LogP contribution in [-0.2, 0) is 14.3 Å². The highest BCUT2D eigenvalue weighted by atomic mass is 16.6. The number of rotatable bonds is 3. The number of hydrogen-bond donors (Lipinski definition) is 2. The summed E-state index contributed by atoms with van der Waals surface area (Å²) in [6.07, 6.45) is 0.500. The molecular weight excluding hydrogens is 386 g/mol. The largest absolute Gasteiger partial charge is 0.468 e. The van der Waals surface area contributed by atoms with Crippen molar-refractivity contribution >= 4 is 28.8 Å². The van der Waals surface area contributed by atoms with E-state index in [1.807, 2.05) is 31.2 Å². The third-order valence-electron chi connectivity index (χ3n) is 5.66. The SMILES string of the molecule is COC(=O)[C@@H]1C(=O)C2=C(C[C@H]1C)Nc1ccccc1N[C@@H]2c1ccc([N+](=O)[O-])cc1. The number of carbonyl (C=O) groups is 2. The Labute approximate surface area is 173 Å². The molecule has 8 nitrogen and oxygen atoms in total. The smallest absolute Gasteiger partial charge is 0.316 e. The Morgan fingerprint density at radius 2 is 1.80 bits per heavy atom. The van der Waals surface area contributed by atoms with Gasteiger partial charge >= 0.3 is 5.97 Å². The molecule has 0 saturated carbocycles. The van der Waals surface area contributed by atoms with Crippen LogP contribution in [0.15, 0.2) is 59.8 Å². The zero-order valence-corrected chi connectivity index (χ0v) is 16.5. The van der Waals surface area contributed by atoms with Crippen molar-refractivity contribution in [1.29, 1.82) is 0 Å². The van der Waals surface area contributed by atoms with Crippen LogP contribution < -0.4 is 10.6 Å². The van der Waals surface area contributed by atoms with E-state index in [0.717, 1.165) is 17.1 Å². The number of hydrogen-bond acceptors (Lipinski definition) is 7. The lowest BCUT2D eigenvalue weighted by atomic mass is 9.75. The second-order valence-corrected chi connectivity index (χ2v) is 7.54. The summed E-state index contributed by atoms with van der Waals surface area (Å²) in [5, 5.41) is 17.8. The number of fused-ring (bicyclic) bond motifs is 1. The highest BCUT2D eigenvalue weighted by Crippen LogP contribution is 2.43. The van der Waals surface area contributed by atoms with Crippen LogP contribution in [0.5, 0.6) is 0 Å². The minimum Gasteiger partial charge on any atom is -0.468 e. The summed E-state index contributed by atoms with van der Waals surface area (Å²) in [7, 11) is 1.28. The average Bonchev–Trinajstić information content (AvgIpc) is 2.90. The molecule has 0 amide bonds. The highest BCUT2D eigenvalue weighted by molar-refractivity contribution is 6.11. The van der Waals surface area contributed by atoms with Gasteiger partial charge in [0.15, 0.2) is 5.78 Å². The van der Waals surface area contributed by atoms with E-state index in [4.69, 9.17) is 4.74 Å². The fraction of sp³-hybridized carbons (Fsp3) is 0.273. The number of Topliss-reactive ketones (excluding diaryl/α,β-unsaturated/α-hetero) is 1. The van der Waals surface area contributed by atoms with E-state index in [2.05, 4.69) is 10.6 Å². The van der Waals surface area contributed by atoms with Crippen LogP contribution in [0, 0.1) is 22.0 Å². The number of ketones is 1. The first-order valence-corrected chi connectivity index (χ1v) is 9.62. The van der Waals surface area contributed by atoms with Crippen molar-refractivity contribution in [3.05, 3.63) is 75.5 Å². The number of benzene rings is 2. The molecule has 0 spiro atoms. The van der Waals surface area contributed by atoms with Crippen LogP contribution in [0.2, 0.25) is 0 Å². The standard InChI is InChI=1S/C22H21N3O5/c1-12-11-17-19(21(26)18(12)22(27)30-2)20(13-7-9-14(10-8-13)25(28)29)24-16-6-4-3-5-15(16)23-17/h3-10,12,18,20,23-24H,11H2,1-2H3/t12-,18+,20-/m1/s1. The van der Waals surface area contributed by atoms with E-state index in [-0.39, 0.29) is 17.4 Å². The third-order valence-corrected chi connectivity index (χ3v) is 5.66. The number of anilines is 2. The quantitative estimate of drug-likeness (QED) is 0.344. The Balaban J connectivity index is 1.85. The van der Waals surface area contributed by atoms with Gasteiger partial charge in [0.25, 0.3) is 5.69 Å². The Bertz CT molecular complexity index is 1060. The van der Waals surface area contributed by atoms with Gasteiger partial charge in [-0.05, 0) is 42.2 Å². The minimum atomic E-state index is -0.890. The van der Waals surface area contributed by atoms with Crippen molar-refractivity contribution in [2.45, 2.75) is 19.4 Å². The number of nitrogens with zero attached hydrogens (tertiary/aromatic N) is 1. The fourth-order valence-corrected chi connectivity index (χ4v) is 4.17. The number of ether oxygens (including phenoxy) is 1. The third kappa shape index (κ3) is 3.30. The Morgan fingerprint density at radius 3 is 2.43 bits per heavy atom. The highest BCUT2D eigenvalue weighted by Gasteiger charge is 2.44. The number of methoxy groups -OCH3 is 1. The van der Waals surface area contributed by atoms with Gasteiger partial charge < -0.3 is 15.4 Å². The first-order chi connectivity index (χ1) is 14.4. The first-order valence-electron chi connectivity index (χ1n) is 9.62. The van der Waals surface area contributed by atoms with E-state index in [1.54, 1.807) is 12.1 Å². The molecule has 2 N–H and O–H groups in total. The minimum absolute atomic E-state index is 0.0314. The topological polar surface area (TPSA) is 111 Å². The summed E-state index contributed by atoms with van der Waals surface area (Å²) in [4.78, 5) is 36.4. The molecule has 1 aliphatic heterocycles. The lowest BCUT2D eigenvalue weighted by Gasteiger charge is -2.32. The number of nitrogens with one attached hydrogen (secondary N) is 2. The molecular formula is C22H21N3O5. The number of non-ortho nitro benzene ring substituents is 1. The van der Waals surface area contributed by atoms with Gasteiger partial charge in [-0.15, -0.1) is 0 Å². The molecule has 0 fully saturated rings. The van der Waals surface area contributed by atoms with Crippen molar-refractivity contribution < 1.29 is 19.2 Å². The second kappa shape index (κ2) is 7.62. The molecule has 0 radical (unpaired) electrons. The zero-order chi connectivity index (χ0) is 21.4. The zero-order valence-electron chi connectivity index (χ0n) is 16.5. The van der Waals surface area contributed by atoms with Crippen LogP contribution in [-0.4, -0.2) is 23.8 Å². The average molecular weight is 407 g/mol. The lowest BCUT2D eigenvalue weighted by Crippen LogP contribution is -2.39. The van der Waals surface area contributed by atoms with Gasteiger partial charge in [-0.25, -0.2) is 0 Å². The molecule has 154 valence electrons. The van der Waals surface area contributed by atoms with Crippen LogP contribution in [0.4, 0.5) is 17.1 Å². The Kier molecular flexibility index (Phi) is 4.99. The van der Waals surface area contributed by atoms with Crippen LogP contribution in [0.3, 0.4) is 0 Å². The maximum absolute atomic E-state index is 13.5. The summed E-state index contributed by atoms with van der Waals surface area (Å²) in [5.41, 5.74) is 3.48. The lowest BCUT2D eigenvalue weighted by molar-refractivity contribution is -0.384. The van der Waals surface area contributed by atoms with Crippen molar-refractivity contribution in [3.8, 4) is 0 Å². The molecule has 0 aromatic heterocycles. The van der Waals surface area contributed by atoms with E-state index < -0.39 is 22.9 Å². The second-order valence-electron chi connectivity index (χ2n) is 7.54. The van der Waals surface area contributed by atoms with Gasteiger partial charge in [-0.1, -0.05) is 19.1 Å².